The summed E-state index contributed by atoms with van der Waals surface area (Å²) in [5, 5.41) is 3.41. The lowest BCUT2D eigenvalue weighted by atomic mass is 10.5. The quantitative estimate of drug-likeness (QED) is 0.482. The van der Waals surface area contributed by atoms with Gasteiger partial charge in [-0.25, -0.2) is 0 Å². The van der Waals surface area contributed by atoms with E-state index in [4.69, 9.17) is 17.7 Å². The van der Waals surface area contributed by atoms with E-state index in [0.717, 1.165) is 25.2 Å². The van der Waals surface area contributed by atoms with E-state index in [1.165, 1.54) is 0 Å². The molecule has 1 N–H and O–H groups in total. The monoisotopic (exact) mass is 281 g/mol. The maximum Gasteiger partial charge on any atom is 0.500 e. The SMILES string of the molecule is CO[Si](C)(C)CNCCC[Si](OC)(OC)OC. The third kappa shape index (κ3) is 6.65. The molecule has 0 aromatic carbocycles. The fourth-order valence-corrected chi connectivity index (χ4v) is 4.09. The van der Waals surface area contributed by atoms with Crippen LogP contribution in [0.25, 0.3) is 0 Å². The summed E-state index contributed by atoms with van der Waals surface area (Å²) in [6.07, 6.45) is 1.95. The summed E-state index contributed by atoms with van der Waals surface area (Å²) in [4.78, 5) is 0. The minimum Gasteiger partial charge on any atom is -0.419 e. The van der Waals surface area contributed by atoms with Gasteiger partial charge in [-0.15, -0.1) is 0 Å². The van der Waals surface area contributed by atoms with E-state index >= 15 is 0 Å². The molecule has 0 rings (SSSR count). The summed E-state index contributed by atoms with van der Waals surface area (Å²) in [7, 11) is 2.85. The smallest absolute Gasteiger partial charge is 0.419 e. The molecule has 0 aliphatic heterocycles. The largest absolute Gasteiger partial charge is 0.500 e. The van der Waals surface area contributed by atoms with Gasteiger partial charge in [0.1, 0.15) is 0 Å². The zero-order chi connectivity index (χ0) is 13.4. The Kier molecular flexibility index (Phi) is 8.47. The second-order valence-electron chi connectivity index (χ2n) is 4.54. The van der Waals surface area contributed by atoms with Gasteiger partial charge in [0, 0.05) is 40.7 Å². The van der Waals surface area contributed by atoms with Crippen molar-refractivity contribution in [3.8, 4) is 0 Å². The van der Waals surface area contributed by atoms with Crippen LogP contribution in [-0.2, 0) is 17.7 Å². The van der Waals surface area contributed by atoms with Crippen molar-refractivity contribution in [1.29, 1.82) is 0 Å². The highest BCUT2D eigenvalue weighted by Gasteiger charge is 2.36. The number of nitrogens with one attached hydrogen (secondary N) is 1. The van der Waals surface area contributed by atoms with Crippen molar-refractivity contribution in [2.75, 3.05) is 41.2 Å². The molecule has 0 aromatic rings. The third-order valence-corrected chi connectivity index (χ3v) is 7.91. The first-order valence-corrected chi connectivity index (χ1v) is 10.9. The standard InChI is InChI=1S/C10H27NO4Si2/c1-12-16(5,6)10-11-8-7-9-17(13-2,14-3)15-4/h11H,7-10H2,1-6H3. The molecule has 0 radical (unpaired) electrons. The summed E-state index contributed by atoms with van der Waals surface area (Å²) >= 11 is 0. The van der Waals surface area contributed by atoms with E-state index in [0.29, 0.717) is 0 Å². The first-order chi connectivity index (χ1) is 7.95. The molecule has 0 bridgehead atoms. The molecule has 0 saturated carbocycles. The number of hydrogen-bond acceptors (Lipinski definition) is 5. The van der Waals surface area contributed by atoms with Gasteiger partial charge in [-0.2, -0.15) is 0 Å². The van der Waals surface area contributed by atoms with Crippen LogP contribution in [0.4, 0.5) is 0 Å². The third-order valence-electron chi connectivity index (χ3n) is 2.87. The van der Waals surface area contributed by atoms with E-state index in [9.17, 15) is 0 Å². The lowest BCUT2D eigenvalue weighted by Crippen LogP contribution is -2.44. The molecule has 104 valence electrons. The normalized spacial score (nSPS) is 13.1. The zero-order valence-corrected chi connectivity index (χ0v) is 14.0. The summed E-state index contributed by atoms with van der Waals surface area (Å²) in [5.74, 6) is 0. The molecule has 0 heterocycles. The van der Waals surface area contributed by atoms with Gasteiger partial charge >= 0.3 is 8.80 Å². The van der Waals surface area contributed by atoms with Gasteiger partial charge < -0.3 is 23.0 Å². The van der Waals surface area contributed by atoms with Crippen molar-refractivity contribution in [2.45, 2.75) is 25.6 Å². The molecule has 0 aliphatic carbocycles. The van der Waals surface area contributed by atoms with Crippen LogP contribution in [0.3, 0.4) is 0 Å². The molecular weight excluding hydrogens is 254 g/mol. The number of rotatable bonds is 10. The molecule has 0 spiro atoms. The van der Waals surface area contributed by atoms with E-state index in [2.05, 4.69) is 18.4 Å². The van der Waals surface area contributed by atoms with Crippen molar-refractivity contribution >= 4 is 17.1 Å². The van der Waals surface area contributed by atoms with E-state index in [1.807, 2.05) is 0 Å². The highest BCUT2D eigenvalue weighted by atomic mass is 28.4. The highest BCUT2D eigenvalue weighted by Crippen LogP contribution is 2.14. The van der Waals surface area contributed by atoms with Crippen molar-refractivity contribution in [3.63, 3.8) is 0 Å². The second kappa shape index (κ2) is 8.36. The van der Waals surface area contributed by atoms with Crippen LogP contribution < -0.4 is 5.32 Å². The molecule has 0 saturated heterocycles. The van der Waals surface area contributed by atoms with Gasteiger partial charge in [0.15, 0.2) is 8.32 Å². The van der Waals surface area contributed by atoms with Crippen molar-refractivity contribution < 1.29 is 17.7 Å². The van der Waals surface area contributed by atoms with Crippen molar-refractivity contribution in [3.05, 3.63) is 0 Å². The van der Waals surface area contributed by atoms with Crippen LogP contribution in [0, 0.1) is 0 Å². The molecule has 0 unspecified atom stereocenters. The van der Waals surface area contributed by atoms with Crippen LogP contribution in [0.15, 0.2) is 0 Å². The Hall–Kier alpha value is 0.234. The van der Waals surface area contributed by atoms with Crippen LogP contribution in [0.2, 0.25) is 19.1 Å². The molecule has 0 aliphatic rings. The van der Waals surface area contributed by atoms with Gasteiger partial charge in [0.05, 0.1) is 0 Å². The maximum absolute atomic E-state index is 5.46. The van der Waals surface area contributed by atoms with Gasteiger partial charge in [-0.3, -0.25) is 0 Å². The highest BCUT2D eigenvalue weighted by molar-refractivity contribution is 6.71. The lowest BCUT2D eigenvalue weighted by Gasteiger charge is -2.25. The van der Waals surface area contributed by atoms with Crippen molar-refractivity contribution in [1.82, 2.24) is 5.32 Å². The van der Waals surface area contributed by atoms with E-state index in [-0.39, 0.29) is 0 Å². The topological polar surface area (TPSA) is 49.0 Å². The first-order valence-electron chi connectivity index (χ1n) is 5.86. The predicted molar refractivity (Wildman–Crippen MR) is 73.6 cm³/mol. The molecular formula is C10H27NO4Si2. The zero-order valence-electron chi connectivity index (χ0n) is 12.0. The fourth-order valence-electron chi connectivity index (χ4n) is 1.45. The summed E-state index contributed by atoms with van der Waals surface area (Å²) in [6.45, 7) is 5.32. The second-order valence-corrected chi connectivity index (χ2v) is 11.9. The van der Waals surface area contributed by atoms with Crippen molar-refractivity contribution in [2.24, 2.45) is 0 Å². The van der Waals surface area contributed by atoms with Gasteiger partial charge in [-0.05, 0) is 26.1 Å². The summed E-state index contributed by atoms with van der Waals surface area (Å²) in [6, 6.07) is 0.832. The Bertz CT molecular complexity index is 192. The van der Waals surface area contributed by atoms with Gasteiger partial charge in [0.25, 0.3) is 0 Å². The minimum absolute atomic E-state index is 0.832. The Labute approximate surface area is 107 Å². The van der Waals surface area contributed by atoms with E-state index < -0.39 is 17.1 Å². The fraction of sp³-hybridized carbons (Fsp3) is 1.00. The number of hydrogen-bond donors (Lipinski definition) is 1. The molecule has 5 nitrogen and oxygen atoms in total. The average molecular weight is 282 g/mol. The lowest BCUT2D eigenvalue weighted by molar-refractivity contribution is 0.123. The predicted octanol–water partition coefficient (Wildman–Crippen LogP) is 1.23. The molecule has 17 heavy (non-hydrogen) atoms. The summed E-state index contributed by atoms with van der Waals surface area (Å²) < 4.78 is 21.5. The Balaban J connectivity index is 3.77. The first kappa shape index (κ1) is 17.2. The van der Waals surface area contributed by atoms with Crippen LogP contribution >= 0.6 is 0 Å². The Morgan fingerprint density at radius 1 is 0.882 bits per heavy atom. The molecule has 0 aromatic heterocycles. The average Bonchev–Trinajstić information content (AvgIpc) is 2.34. The molecule has 7 heteroatoms. The van der Waals surface area contributed by atoms with E-state index in [1.54, 1.807) is 28.4 Å². The van der Waals surface area contributed by atoms with Crippen LogP contribution in [0.5, 0.6) is 0 Å². The van der Waals surface area contributed by atoms with Gasteiger partial charge in [-0.1, -0.05) is 0 Å². The maximum atomic E-state index is 5.46. The Morgan fingerprint density at radius 2 is 1.41 bits per heavy atom. The molecule has 0 fully saturated rings. The van der Waals surface area contributed by atoms with Crippen LogP contribution in [0.1, 0.15) is 6.42 Å². The van der Waals surface area contributed by atoms with Crippen LogP contribution in [-0.4, -0.2) is 58.3 Å². The van der Waals surface area contributed by atoms with Gasteiger partial charge in [0.2, 0.25) is 0 Å². The molecule has 0 atom stereocenters. The summed E-state index contributed by atoms with van der Waals surface area (Å²) in [5.41, 5.74) is 0. The molecule has 0 amide bonds. The Morgan fingerprint density at radius 3 is 1.82 bits per heavy atom. The minimum atomic E-state index is -2.38.